The van der Waals surface area contributed by atoms with Crippen LogP contribution in [-0.4, -0.2) is 33.4 Å². The minimum atomic E-state index is 0.228. The fourth-order valence-corrected chi connectivity index (χ4v) is 1.63. The molecule has 1 aromatic carbocycles. The van der Waals surface area contributed by atoms with Gasteiger partial charge in [0.15, 0.2) is 0 Å². The predicted molar refractivity (Wildman–Crippen MR) is 66.1 cm³/mol. The molecule has 1 aromatic rings. The SMILES string of the molecule is CNC(COC)COc1cc(C)cc(C)c1. The summed E-state index contributed by atoms with van der Waals surface area (Å²) in [7, 11) is 3.61. The number of ether oxygens (including phenoxy) is 2. The van der Waals surface area contributed by atoms with Gasteiger partial charge < -0.3 is 14.8 Å². The standard InChI is InChI=1S/C13H21NO2/c1-10-5-11(2)7-13(6-10)16-9-12(14-3)8-15-4/h5-7,12,14H,8-9H2,1-4H3. The van der Waals surface area contributed by atoms with E-state index in [2.05, 4.69) is 25.2 Å². The maximum Gasteiger partial charge on any atom is 0.119 e. The molecule has 90 valence electrons. The molecule has 0 saturated heterocycles. The van der Waals surface area contributed by atoms with Crippen LogP contribution in [0.2, 0.25) is 0 Å². The third kappa shape index (κ3) is 4.21. The van der Waals surface area contributed by atoms with Crippen molar-refractivity contribution in [1.82, 2.24) is 5.32 Å². The molecule has 0 fully saturated rings. The van der Waals surface area contributed by atoms with Crippen LogP contribution in [0.15, 0.2) is 18.2 Å². The molecule has 0 aliphatic heterocycles. The number of hydrogen-bond donors (Lipinski definition) is 1. The zero-order valence-electron chi connectivity index (χ0n) is 10.5. The van der Waals surface area contributed by atoms with Gasteiger partial charge in [-0.25, -0.2) is 0 Å². The Balaban J connectivity index is 2.52. The number of hydrogen-bond acceptors (Lipinski definition) is 3. The van der Waals surface area contributed by atoms with Crippen LogP contribution in [0, 0.1) is 13.8 Å². The van der Waals surface area contributed by atoms with E-state index >= 15 is 0 Å². The number of likely N-dealkylation sites (N-methyl/N-ethyl adjacent to an activating group) is 1. The van der Waals surface area contributed by atoms with Gasteiger partial charge in [-0.05, 0) is 44.2 Å². The first kappa shape index (κ1) is 13.0. The van der Waals surface area contributed by atoms with Crippen molar-refractivity contribution in [3.05, 3.63) is 29.3 Å². The highest BCUT2D eigenvalue weighted by Crippen LogP contribution is 2.16. The van der Waals surface area contributed by atoms with Crippen LogP contribution in [0.4, 0.5) is 0 Å². The normalized spacial score (nSPS) is 12.5. The van der Waals surface area contributed by atoms with Crippen LogP contribution in [0.3, 0.4) is 0 Å². The Morgan fingerprint density at radius 1 is 1.12 bits per heavy atom. The van der Waals surface area contributed by atoms with E-state index in [1.807, 2.05) is 19.2 Å². The molecule has 3 nitrogen and oxygen atoms in total. The van der Waals surface area contributed by atoms with Gasteiger partial charge in [-0.3, -0.25) is 0 Å². The Morgan fingerprint density at radius 3 is 2.25 bits per heavy atom. The van der Waals surface area contributed by atoms with Crippen molar-refractivity contribution < 1.29 is 9.47 Å². The van der Waals surface area contributed by atoms with Crippen molar-refractivity contribution in [2.75, 3.05) is 27.4 Å². The van der Waals surface area contributed by atoms with Gasteiger partial charge in [0.25, 0.3) is 0 Å². The lowest BCUT2D eigenvalue weighted by Gasteiger charge is -2.16. The molecule has 1 N–H and O–H groups in total. The van der Waals surface area contributed by atoms with Gasteiger partial charge in [-0.1, -0.05) is 6.07 Å². The summed E-state index contributed by atoms with van der Waals surface area (Å²) < 4.78 is 10.8. The van der Waals surface area contributed by atoms with E-state index in [0.29, 0.717) is 13.2 Å². The second kappa shape index (κ2) is 6.51. The van der Waals surface area contributed by atoms with Gasteiger partial charge in [-0.2, -0.15) is 0 Å². The van der Waals surface area contributed by atoms with Gasteiger partial charge in [0.2, 0.25) is 0 Å². The van der Waals surface area contributed by atoms with Gasteiger partial charge in [-0.15, -0.1) is 0 Å². The molecular formula is C13H21NO2. The summed E-state index contributed by atoms with van der Waals surface area (Å²) in [5.41, 5.74) is 2.45. The Morgan fingerprint density at radius 2 is 1.75 bits per heavy atom. The molecule has 0 spiro atoms. The summed E-state index contributed by atoms with van der Waals surface area (Å²) in [5.74, 6) is 0.925. The topological polar surface area (TPSA) is 30.5 Å². The van der Waals surface area contributed by atoms with E-state index in [-0.39, 0.29) is 6.04 Å². The summed E-state index contributed by atoms with van der Waals surface area (Å²) in [6.07, 6.45) is 0. The van der Waals surface area contributed by atoms with Gasteiger partial charge in [0.05, 0.1) is 12.6 Å². The molecule has 0 heterocycles. The van der Waals surface area contributed by atoms with Crippen LogP contribution in [0.1, 0.15) is 11.1 Å². The first-order valence-corrected chi connectivity index (χ1v) is 5.53. The Hall–Kier alpha value is -1.06. The lowest BCUT2D eigenvalue weighted by atomic mass is 10.1. The van der Waals surface area contributed by atoms with Crippen molar-refractivity contribution in [3.8, 4) is 5.75 Å². The van der Waals surface area contributed by atoms with Gasteiger partial charge >= 0.3 is 0 Å². The number of nitrogens with one attached hydrogen (secondary N) is 1. The molecule has 3 heteroatoms. The van der Waals surface area contributed by atoms with Crippen LogP contribution >= 0.6 is 0 Å². The minimum Gasteiger partial charge on any atom is -0.492 e. The second-order valence-electron chi connectivity index (χ2n) is 4.08. The maximum absolute atomic E-state index is 5.73. The van der Waals surface area contributed by atoms with Crippen LogP contribution in [0.25, 0.3) is 0 Å². The average molecular weight is 223 g/mol. The van der Waals surface area contributed by atoms with E-state index in [1.54, 1.807) is 7.11 Å². The lowest BCUT2D eigenvalue weighted by molar-refractivity contribution is 0.140. The van der Waals surface area contributed by atoms with E-state index < -0.39 is 0 Å². The fraction of sp³-hybridized carbons (Fsp3) is 0.538. The molecule has 1 atom stereocenters. The molecule has 0 aliphatic rings. The Labute approximate surface area is 97.8 Å². The van der Waals surface area contributed by atoms with Crippen molar-refractivity contribution in [2.24, 2.45) is 0 Å². The molecule has 1 unspecified atom stereocenters. The molecule has 0 bridgehead atoms. The number of rotatable bonds is 6. The van der Waals surface area contributed by atoms with Crippen molar-refractivity contribution in [3.63, 3.8) is 0 Å². The molecule has 0 amide bonds. The number of methoxy groups -OCH3 is 1. The molecule has 0 aliphatic carbocycles. The summed E-state index contributed by atoms with van der Waals surface area (Å²) in [4.78, 5) is 0. The smallest absolute Gasteiger partial charge is 0.119 e. The molecule has 16 heavy (non-hydrogen) atoms. The monoisotopic (exact) mass is 223 g/mol. The summed E-state index contributed by atoms with van der Waals surface area (Å²) in [6.45, 7) is 5.42. The third-order valence-electron chi connectivity index (χ3n) is 2.42. The first-order chi connectivity index (χ1) is 7.65. The zero-order valence-corrected chi connectivity index (χ0v) is 10.5. The van der Waals surface area contributed by atoms with E-state index in [1.165, 1.54) is 11.1 Å². The molecule has 0 radical (unpaired) electrons. The second-order valence-corrected chi connectivity index (χ2v) is 4.08. The van der Waals surface area contributed by atoms with Crippen molar-refractivity contribution in [1.29, 1.82) is 0 Å². The van der Waals surface area contributed by atoms with Gasteiger partial charge in [0.1, 0.15) is 12.4 Å². The molecule has 0 saturated carbocycles. The van der Waals surface area contributed by atoms with E-state index in [9.17, 15) is 0 Å². The summed E-state index contributed by atoms with van der Waals surface area (Å²) in [6, 6.07) is 6.46. The first-order valence-electron chi connectivity index (χ1n) is 5.53. The van der Waals surface area contributed by atoms with Crippen LogP contribution in [-0.2, 0) is 4.74 Å². The quantitative estimate of drug-likeness (QED) is 0.799. The minimum absolute atomic E-state index is 0.228. The van der Waals surface area contributed by atoms with E-state index in [4.69, 9.17) is 9.47 Å². The summed E-state index contributed by atoms with van der Waals surface area (Å²) >= 11 is 0. The zero-order chi connectivity index (χ0) is 12.0. The molecule has 0 aromatic heterocycles. The van der Waals surface area contributed by atoms with Crippen molar-refractivity contribution >= 4 is 0 Å². The number of aryl methyl sites for hydroxylation is 2. The Kier molecular flexibility index (Phi) is 5.29. The predicted octanol–water partition coefficient (Wildman–Crippen LogP) is 1.92. The average Bonchev–Trinajstić information content (AvgIpc) is 2.23. The molecular weight excluding hydrogens is 202 g/mol. The highest BCUT2D eigenvalue weighted by atomic mass is 16.5. The number of benzene rings is 1. The third-order valence-corrected chi connectivity index (χ3v) is 2.42. The van der Waals surface area contributed by atoms with Crippen LogP contribution in [0.5, 0.6) is 5.75 Å². The lowest BCUT2D eigenvalue weighted by Crippen LogP contribution is -2.35. The van der Waals surface area contributed by atoms with Crippen LogP contribution < -0.4 is 10.1 Å². The van der Waals surface area contributed by atoms with E-state index in [0.717, 1.165) is 5.75 Å². The maximum atomic E-state index is 5.73. The highest BCUT2D eigenvalue weighted by molar-refractivity contribution is 5.32. The summed E-state index contributed by atoms with van der Waals surface area (Å²) in [5, 5.41) is 3.15. The van der Waals surface area contributed by atoms with Crippen molar-refractivity contribution in [2.45, 2.75) is 19.9 Å². The Bertz CT molecular complexity index is 305. The fourth-order valence-electron chi connectivity index (χ4n) is 1.63. The highest BCUT2D eigenvalue weighted by Gasteiger charge is 2.06. The van der Waals surface area contributed by atoms with Gasteiger partial charge in [0, 0.05) is 7.11 Å². The largest absolute Gasteiger partial charge is 0.492 e. The molecule has 1 rings (SSSR count).